The van der Waals surface area contributed by atoms with E-state index in [1.54, 1.807) is 66.9 Å². The van der Waals surface area contributed by atoms with Gasteiger partial charge in [-0.1, -0.05) is 51.5 Å². The lowest BCUT2D eigenvalue weighted by Gasteiger charge is -2.34. The van der Waals surface area contributed by atoms with Crippen LogP contribution in [0.5, 0.6) is 5.75 Å². The molecule has 14 heteroatoms. The molecule has 51 heavy (non-hydrogen) atoms. The molecule has 3 aliphatic heterocycles. The second-order valence-corrected chi connectivity index (χ2v) is 15.7. The topological polar surface area (TPSA) is 166 Å². The molecule has 2 aromatic carbocycles. The standard InChI is InChI=1S/C37H54N6O7S/c1-6-26(3)33-37(47)40-32(23-28-11-15-31(50-5)16-12-28)36(46)39-27(4)34(44)38-19-7-8-20-43(51(48,49)42-21-17-25(2)18-22-42)24-29-9-13-30(14-10-29)35(45)41-33/h9-16,25-27,32-33H,6-8,17-24H2,1-5H3,(H,38,44)(H,39,46)(H,40,47)(H,41,45)/t26-,27+,32-,33?/m0/s1. The van der Waals surface area contributed by atoms with Crippen LogP contribution < -0.4 is 26.0 Å². The van der Waals surface area contributed by atoms with Crippen molar-refractivity contribution in [3.05, 3.63) is 65.2 Å². The number of hydrogen-bond donors (Lipinski definition) is 4. The van der Waals surface area contributed by atoms with Gasteiger partial charge in [-0.3, -0.25) is 19.2 Å². The van der Waals surface area contributed by atoms with Gasteiger partial charge in [0.05, 0.1) is 7.11 Å². The molecule has 1 unspecified atom stereocenters. The third-order valence-corrected chi connectivity index (χ3v) is 11.9. The summed E-state index contributed by atoms with van der Waals surface area (Å²) >= 11 is 0. The Balaban J connectivity index is 1.61. The molecule has 1 saturated heterocycles. The molecule has 0 radical (unpaired) electrons. The Hall–Kier alpha value is -4.01. The zero-order chi connectivity index (χ0) is 37.1. The number of ether oxygens (including phenoxy) is 1. The van der Waals surface area contributed by atoms with Gasteiger partial charge in [-0.05, 0) is 79.8 Å². The highest BCUT2D eigenvalue weighted by molar-refractivity contribution is 7.86. The molecule has 4 atom stereocenters. The summed E-state index contributed by atoms with van der Waals surface area (Å²) < 4.78 is 35.9. The van der Waals surface area contributed by atoms with Crippen molar-refractivity contribution in [3.8, 4) is 5.75 Å². The number of nitrogens with one attached hydrogen (secondary N) is 4. The van der Waals surface area contributed by atoms with Crippen LogP contribution in [0.1, 0.15) is 81.3 Å². The molecule has 2 aromatic rings. The summed E-state index contributed by atoms with van der Waals surface area (Å²) in [5, 5.41) is 11.3. The third-order valence-electron chi connectivity index (χ3n) is 9.87. The predicted molar refractivity (Wildman–Crippen MR) is 195 cm³/mol. The van der Waals surface area contributed by atoms with Crippen LogP contribution in [-0.4, -0.2) is 92.1 Å². The van der Waals surface area contributed by atoms with Crippen LogP contribution in [0.15, 0.2) is 48.5 Å². The summed E-state index contributed by atoms with van der Waals surface area (Å²) in [6, 6.07) is 10.9. The lowest BCUT2D eigenvalue weighted by molar-refractivity contribution is -0.132. The van der Waals surface area contributed by atoms with Crippen LogP contribution in [0.4, 0.5) is 0 Å². The third kappa shape index (κ3) is 11.0. The average molecular weight is 727 g/mol. The summed E-state index contributed by atoms with van der Waals surface area (Å²) in [5.41, 5.74) is 1.79. The quantitative estimate of drug-likeness (QED) is 0.319. The van der Waals surface area contributed by atoms with Crippen LogP contribution in [-0.2, 0) is 37.6 Å². The number of carbonyl (C=O) groups is 4. The highest BCUT2D eigenvalue weighted by Crippen LogP contribution is 2.23. The molecule has 5 rings (SSSR count). The first-order valence-corrected chi connectivity index (χ1v) is 19.4. The number of fused-ring (bicyclic) bond motifs is 18. The zero-order valence-corrected chi connectivity index (χ0v) is 31.3. The van der Waals surface area contributed by atoms with E-state index in [1.165, 1.54) is 4.31 Å². The number of piperidine rings is 1. The monoisotopic (exact) mass is 726 g/mol. The molecule has 4 amide bonds. The van der Waals surface area contributed by atoms with Crippen molar-refractivity contribution in [1.29, 1.82) is 0 Å². The smallest absolute Gasteiger partial charge is 0.282 e. The fraction of sp³-hybridized carbons (Fsp3) is 0.568. The second kappa shape index (κ2) is 18.5. The summed E-state index contributed by atoms with van der Waals surface area (Å²) in [6.07, 6.45) is 3.32. The van der Waals surface area contributed by atoms with Gasteiger partial charge in [-0.2, -0.15) is 17.0 Å². The largest absolute Gasteiger partial charge is 0.497 e. The minimum Gasteiger partial charge on any atom is -0.497 e. The van der Waals surface area contributed by atoms with Crippen molar-refractivity contribution >= 4 is 33.8 Å². The van der Waals surface area contributed by atoms with E-state index < -0.39 is 52.0 Å². The van der Waals surface area contributed by atoms with Gasteiger partial charge in [0.15, 0.2) is 0 Å². The Kier molecular flexibility index (Phi) is 14.4. The summed E-state index contributed by atoms with van der Waals surface area (Å²) in [5.74, 6) is -1.12. The first-order valence-electron chi connectivity index (χ1n) is 18.0. The summed E-state index contributed by atoms with van der Waals surface area (Å²) in [4.78, 5) is 54.0. The predicted octanol–water partition coefficient (Wildman–Crippen LogP) is 2.76. The van der Waals surface area contributed by atoms with Gasteiger partial charge in [0, 0.05) is 44.7 Å². The van der Waals surface area contributed by atoms with E-state index in [1.807, 2.05) is 13.8 Å². The number of rotatable bonds is 7. The van der Waals surface area contributed by atoms with Gasteiger partial charge in [0.25, 0.3) is 16.1 Å². The first-order chi connectivity index (χ1) is 24.3. The lowest BCUT2D eigenvalue weighted by atomic mass is 9.96. The lowest BCUT2D eigenvalue weighted by Crippen LogP contribution is -2.58. The van der Waals surface area contributed by atoms with Crippen LogP contribution in [0.25, 0.3) is 0 Å². The Labute approximate surface area is 302 Å². The first kappa shape index (κ1) is 39.8. The molecule has 1 fully saturated rings. The van der Waals surface area contributed by atoms with E-state index >= 15 is 0 Å². The minimum absolute atomic E-state index is 0.124. The fourth-order valence-corrected chi connectivity index (χ4v) is 7.84. The highest BCUT2D eigenvalue weighted by atomic mass is 32.2. The van der Waals surface area contributed by atoms with Crippen molar-refractivity contribution < 1.29 is 32.3 Å². The van der Waals surface area contributed by atoms with E-state index in [0.717, 1.165) is 24.0 Å². The number of carbonyl (C=O) groups excluding carboxylic acids is 4. The average Bonchev–Trinajstić information content (AvgIpc) is 3.12. The Bertz CT molecular complexity index is 1590. The molecule has 0 aliphatic carbocycles. The van der Waals surface area contributed by atoms with E-state index in [9.17, 15) is 27.6 Å². The Morgan fingerprint density at radius 1 is 0.824 bits per heavy atom. The normalized spacial score (nSPS) is 23.7. The minimum atomic E-state index is -3.76. The maximum Gasteiger partial charge on any atom is 0.282 e. The number of nitrogens with zero attached hydrogens (tertiary/aromatic N) is 2. The van der Waals surface area contributed by atoms with Crippen molar-refractivity contribution in [2.75, 3.05) is 33.3 Å². The van der Waals surface area contributed by atoms with Gasteiger partial charge in [0.1, 0.15) is 23.9 Å². The molecule has 0 aromatic heterocycles. The summed E-state index contributed by atoms with van der Waals surface area (Å²) in [6.45, 7) is 9.03. The second-order valence-electron chi connectivity index (χ2n) is 13.8. The fourth-order valence-electron chi connectivity index (χ4n) is 6.17. The molecular formula is C37H54N6O7S. The summed E-state index contributed by atoms with van der Waals surface area (Å²) in [7, 11) is -2.21. The molecule has 280 valence electrons. The van der Waals surface area contributed by atoms with Crippen LogP contribution in [0.3, 0.4) is 0 Å². The van der Waals surface area contributed by atoms with Gasteiger partial charge in [0.2, 0.25) is 17.7 Å². The van der Waals surface area contributed by atoms with Gasteiger partial charge < -0.3 is 26.0 Å². The molecule has 3 aliphatic rings. The van der Waals surface area contributed by atoms with Crippen molar-refractivity contribution in [3.63, 3.8) is 0 Å². The number of amides is 4. The van der Waals surface area contributed by atoms with E-state index in [2.05, 4.69) is 28.2 Å². The highest BCUT2D eigenvalue weighted by Gasteiger charge is 2.33. The Morgan fingerprint density at radius 2 is 1.49 bits per heavy atom. The van der Waals surface area contributed by atoms with Gasteiger partial charge in [-0.15, -0.1) is 0 Å². The molecule has 13 nitrogen and oxygen atoms in total. The van der Waals surface area contributed by atoms with E-state index in [0.29, 0.717) is 56.1 Å². The van der Waals surface area contributed by atoms with E-state index in [-0.39, 0.29) is 25.4 Å². The SMILES string of the molecule is CC[C@H](C)C1NC(=O)c2ccc(cc2)CN(S(=O)(=O)N2CCC(C)CC2)CCCCNC(=O)[C@@H](C)NC(=O)[C@H](Cc2ccc(OC)cc2)NC1=O. The molecular weight excluding hydrogens is 673 g/mol. The van der Waals surface area contributed by atoms with Gasteiger partial charge >= 0.3 is 0 Å². The molecule has 3 heterocycles. The molecule has 0 saturated carbocycles. The number of hydrogen-bond acceptors (Lipinski definition) is 7. The molecule has 0 spiro atoms. The van der Waals surface area contributed by atoms with Crippen LogP contribution in [0, 0.1) is 11.8 Å². The van der Waals surface area contributed by atoms with Crippen molar-refractivity contribution in [2.24, 2.45) is 11.8 Å². The number of methoxy groups -OCH3 is 1. The maximum atomic E-state index is 13.8. The van der Waals surface area contributed by atoms with Crippen LogP contribution >= 0.6 is 0 Å². The van der Waals surface area contributed by atoms with Gasteiger partial charge in [-0.25, -0.2) is 0 Å². The number of benzene rings is 2. The molecule has 2 bridgehead atoms. The molecule has 4 N–H and O–H groups in total. The zero-order valence-electron chi connectivity index (χ0n) is 30.4. The van der Waals surface area contributed by atoms with Crippen LogP contribution in [0.2, 0.25) is 0 Å². The maximum absolute atomic E-state index is 13.8. The van der Waals surface area contributed by atoms with Crippen molar-refractivity contribution in [1.82, 2.24) is 29.9 Å². The van der Waals surface area contributed by atoms with E-state index in [4.69, 9.17) is 4.74 Å². The van der Waals surface area contributed by atoms with Crippen molar-refractivity contribution in [2.45, 2.75) is 90.9 Å². The Morgan fingerprint density at radius 3 is 2.12 bits per heavy atom.